The standard InChI is InChI=1S/C18H23NO2S/c1-4-8-16-11-13-18(14-12-16)22(20,21)19(15(2)3)17-9-6-5-7-10-17/h5-7,9-15H,4,8H2,1-3H3. The molecule has 2 aromatic rings. The monoisotopic (exact) mass is 317 g/mol. The van der Waals surface area contributed by atoms with E-state index in [2.05, 4.69) is 6.92 Å². The maximum atomic E-state index is 13.0. The van der Waals surface area contributed by atoms with E-state index in [0.717, 1.165) is 18.4 Å². The fourth-order valence-corrected chi connectivity index (χ4v) is 4.18. The van der Waals surface area contributed by atoms with Crippen molar-refractivity contribution in [3.05, 3.63) is 60.2 Å². The van der Waals surface area contributed by atoms with E-state index >= 15 is 0 Å². The molecule has 2 rings (SSSR count). The first-order valence-corrected chi connectivity index (χ1v) is 9.09. The van der Waals surface area contributed by atoms with Crippen LogP contribution in [0.25, 0.3) is 0 Å². The van der Waals surface area contributed by atoms with Crippen molar-refractivity contribution < 1.29 is 8.42 Å². The molecule has 0 aliphatic heterocycles. The molecule has 0 fully saturated rings. The molecule has 0 saturated carbocycles. The number of rotatable bonds is 6. The molecule has 0 N–H and O–H groups in total. The Kier molecular flexibility index (Phi) is 5.24. The van der Waals surface area contributed by atoms with E-state index in [1.807, 2.05) is 56.3 Å². The maximum Gasteiger partial charge on any atom is 0.264 e. The molecular formula is C18H23NO2S. The lowest BCUT2D eigenvalue weighted by atomic mass is 10.1. The van der Waals surface area contributed by atoms with Crippen molar-refractivity contribution in [3.63, 3.8) is 0 Å². The molecule has 3 nitrogen and oxygen atoms in total. The van der Waals surface area contributed by atoms with Crippen LogP contribution in [0.3, 0.4) is 0 Å². The van der Waals surface area contributed by atoms with E-state index in [-0.39, 0.29) is 6.04 Å². The third-order valence-corrected chi connectivity index (χ3v) is 5.52. The van der Waals surface area contributed by atoms with Gasteiger partial charge in [0, 0.05) is 6.04 Å². The average Bonchev–Trinajstić information content (AvgIpc) is 2.48. The van der Waals surface area contributed by atoms with Gasteiger partial charge < -0.3 is 0 Å². The van der Waals surface area contributed by atoms with E-state index in [0.29, 0.717) is 10.6 Å². The van der Waals surface area contributed by atoms with Crippen LogP contribution < -0.4 is 4.31 Å². The zero-order valence-electron chi connectivity index (χ0n) is 13.4. The quantitative estimate of drug-likeness (QED) is 0.799. The van der Waals surface area contributed by atoms with Crippen LogP contribution in [-0.4, -0.2) is 14.5 Å². The van der Waals surface area contributed by atoms with Crippen LogP contribution in [-0.2, 0) is 16.4 Å². The van der Waals surface area contributed by atoms with Crippen LogP contribution in [0.2, 0.25) is 0 Å². The van der Waals surface area contributed by atoms with Crippen LogP contribution in [0.5, 0.6) is 0 Å². The Bertz CT molecular complexity index is 692. The number of benzene rings is 2. The van der Waals surface area contributed by atoms with Crippen molar-refractivity contribution >= 4 is 15.7 Å². The highest BCUT2D eigenvalue weighted by Crippen LogP contribution is 2.26. The highest BCUT2D eigenvalue weighted by atomic mass is 32.2. The first kappa shape index (κ1) is 16.6. The first-order chi connectivity index (χ1) is 10.5. The van der Waals surface area contributed by atoms with Crippen LogP contribution in [0.1, 0.15) is 32.8 Å². The van der Waals surface area contributed by atoms with Gasteiger partial charge >= 0.3 is 0 Å². The summed E-state index contributed by atoms with van der Waals surface area (Å²) in [4.78, 5) is 0.338. The number of hydrogen-bond donors (Lipinski definition) is 0. The van der Waals surface area contributed by atoms with Gasteiger partial charge in [-0.2, -0.15) is 0 Å². The normalized spacial score (nSPS) is 11.6. The minimum Gasteiger partial charge on any atom is -0.264 e. The van der Waals surface area contributed by atoms with Crippen molar-refractivity contribution in [2.24, 2.45) is 0 Å². The summed E-state index contributed by atoms with van der Waals surface area (Å²) in [5.74, 6) is 0. The molecule has 0 aliphatic rings. The van der Waals surface area contributed by atoms with Gasteiger partial charge in [-0.3, -0.25) is 4.31 Å². The number of aryl methyl sites for hydroxylation is 1. The highest BCUT2D eigenvalue weighted by Gasteiger charge is 2.27. The number of nitrogens with zero attached hydrogens (tertiary/aromatic N) is 1. The predicted molar refractivity (Wildman–Crippen MR) is 91.7 cm³/mol. The molecule has 0 radical (unpaired) electrons. The van der Waals surface area contributed by atoms with E-state index in [1.165, 1.54) is 4.31 Å². The summed E-state index contributed by atoms with van der Waals surface area (Å²) in [6.45, 7) is 5.88. The third-order valence-electron chi connectivity index (χ3n) is 3.50. The van der Waals surface area contributed by atoms with Gasteiger partial charge in [-0.1, -0.05) is 43.7 Å². The fourth-order valence-electron chi connectivity index (χ4n) is 2.52. The average molecular weight is 317 g/mol. The third kappa shape index (κ3) is 3.50. The summed E-state index contributed by atoms with van der Waals surface area (Å²) in [5.41, 5.74) is 1.85. The van der Waals surface area contributed by atoms with E-state index in [9.17, 15) is 8.42 Å². The van der Waals surface area contributed by atoms with E-state index < -0.39 is 10.0 Å². The van der Waals surface area contributed by atoms with Crippen LogP contribution >= 0.6 is 0 Å². The van der Waals surface area contributed by atoms with Gasteiger partial charge in [0.15, 0.2) is 0 Å². The molecule has 0 heterocycles. The zero-order chi connectivity index (χ0) is 16.2. The maximum absolute atomic E-state index is 13.0. The molecule has 0 amide bonds. The Morgan fingerprint density at radius 1 is 0.955 bits per heavy atom. The van der Waals surface area contributed by atoms with Crippen molar-refractivity contribution in [2.45, 2.75) is 44.6 Å². The zero-order valence-corrected chi connectivity index (χ0v) is 14.2. The summed E-state index contributed by atoms with van der Waals surface area (Å²) in [6, 6.07) is 16.3. The molecule has 2 aromatic carbocycles. The molecule has 4 heteroatoms. The molecule has 22 heavy (non-hydrogen) atoms. The van der Waals surface area contributed by atoms with E-state index in [1.54, 1.807) is 12.1 Å². The first-order valence-electron chi connectivity index (χ1n) is 7.65. The molecule has 0 saturated heterocycles. The lowest BCUT2D eigenvalue weighted by Gasteiger charge is -2.28. The van der Waals surface area contributed by atoms with Gasteiger partial charge in [0.1, 0.15) is 0 Å². The van der Waals surface area contributed by atoms with Gasteiger partial charge in [-0.25, -0.2) is 8.42 Å². The Morgan fingerprint density at radius 3 is 2.05 bits per heavy atom. The molecule has 118 valence electrons. The van der Waals surface area contributed by atoms with Gasteiger partial charge in [-0.05, 0) is 50.1 Å². The second kappa shape index (κ2) is 6.97. The summed E-state index contributed by atoms with van der Waals surface area (Å²) in [5, 5.41) is 0. The second-order valence-electron chi connectivity index (χ2n) is 5.62. The lowest BCUT2D eigenvalue weighted by Crippen LogP contribution is -2.36. The molecule has 0 atom stereocenters. The van der Waals surface area contributed by atoms with Crippen LogP contribution in [0.15, 0.2) is 59.5 Å². The van der Waals surface area contributed by atoms with Crippen molar-refractivity contribution in [1.29, 1.82) is 0 Å². The van der Waals surface area contributed by atoms with Crippen molar-refractivity contribution in [3.8, 4) is 0 Å². The lowest BCUT2D eigenvalue weighted by molar-refractivity contribution is 0.584. The topological polar surface area (TPSA) is 37.4 Å². The van der Waals surface area contributed by atoms with Crippen LogP contribution in [0.4, 0.5) is 5.69 Å². The highest BCUT2D eigenvalue weighted by molar-refractivity contribution is 7.92. The number of sulfonamides is 1. The minimum absolute atomic E-state index is 0.150. The smallest absolute Gasteiger partial charge is 0.264 e. The van der Waals surface area contributed by atoms with Gasteiger partial charge in [0.05, 0.1) is 10.6 Å². The summed E-state index contributed by atoms with van der Waals surface area (Å²) in [6.07, 6.45) is 2.02. The number of para-hydroxylation sites is 1. The minimum atomic E-state index is -3.55. The molecular weight excluding hydrogens is 294 g/mol. The number of anilines is 1. The van der Waals surface area contributed by atoms with Crippen molar-refractivity contribution in [1.82, 2.24) is 0 Å². The molecule has 0 bridgehead atoms. The number of hydrogen-bond acceptors (Lipinski definition) is 2. The Balaban J connectivity index is 2.42. The largest absolute Gasteiger partial charge is 0.264 e. The Morgan fingerprint density at radius 2 is 1.55 bits per heavy atom. The summed E-state index contributed by atoms with van der Waals surface area (Å²) >= 11 is 0. The molecule has 0 aromatic heterocycles. The summed E-state index contributed by atoms with van der Waals surface area (Å²) < 4.78 is 27.4. The second-order valence-corrected chi connectivity index (χ2v) is 7.44. The summed E-state index contributed by atoms with van der Waals surface area (Å²) in [7, 11) is -3.55. The SMILES string of the molecule is CCCc1ccc(S(=O)(=O)N(c2ccccc2)C(C)C)cc1. The fraction of sp³-hybridized carbons (Fsp3) is 0.333. The molecule has 0 unspecified atom stereocenters. The van der Waals surface area contributed by atoms with Crippen molar-refractivity contribution in [2.75, 3.05) is 4.31 Å². The van der Waals surface area contributed by atoms with Gasteiger partial charge in [-0.15, -0.1) is 0 Å². The Hall–Kier alpha value is -1.81. The Labute approximate surface area is 133 Å². The van der Waals surface area contributed by atoms with Crippen LogP contribution in [0, 0.1) is 0 Å². The predicted octanol–water partition coefficient (Wildman–Crippen LogP) is 4.24. The van der Waals surface area contributed by atoms with Gasteiger partial charge in [0.2, 0.25) is 0 Å². The molecule has 0 spiro atoms. The van der Waals surface area contributed by atoms with Gasteiger partial charge in [0.25, 0.3) is 10.0 Å². The van der Waals surface area contributed by atoms with E-state index in [4.69, 9.17) is 0 Å². The molecule has 0 aliphatic carbocycles.